The van der Waals surface area contributed by atoms with Crippen LogP contribution in [0.4, 0.5) is 8.78 Å². The van der Waals surface area contributed by atoms with Crippen LogP contribution in [0, 0.1) is 11.6 Å². The molecular weight excluding hydrogens is 280 g/mol. The van der Waals surface area contributed by atoms with E-state index in [9.17, 15) is 8.78 Å². The molecule has 0 fully saturated rings. The molecule has 2 rings (SSSR count). The molecule has 0 amide bonds. The summed E-state index contributed by atoms with van der Waals surface area (Å²) in [7, 11) is 1.82. The third kappa shape index (κ3) is 3.37. The lowest BCUT2D eigenvalue weighted by molar-refractivity contribution is 0.564. The highest BCUT2D eigenvalue weighted by Crippen LogP contribution is 2.39. The molecule has 0 radical (unpaired) electrons. The van der Waals surface area contributed by atoms with Crippen LogP contribution in [0.1, 0.15) is 24.2 Å². The fraction of sp³-hybridized carbons (Fsp3) is 0.357. The molecule has 0 aliphatic rings. The summed E-state index contributed by atoms with van der Waals surface area (Å²) in [4.78, 5) is 0.393. The second-order valence-electron chi connectivity index (χ2n) is 4.63. The molecule has 3 nitrogen and oxygen atoms in total. The number of benzene rings is 1. The summed E-state index contributed by atoms with van der Waals surface area (Å²) in [6.45, 7) is 1.98. The van der Waals surface area contributed by atoms with Gasteiger partial charge in [-0.1, -0.05) is 6.92 Å². The second kappa shape index (κ2) is 6.37. The topological polar surface area (TPSA) is 43.8 Å². The number of thioether (sulfide) groups is 1. The Kier molecular flexibility index (Phi) is 4.77. The van der Waals surface area contributed by atoms with Crippen LogP contribution in [0.15, 0.2) is 35.5 Å². The van der Waals surface area contributed by atoms with Gasteiger partial charge in [-0.25, -0.2) is 8.78 Å². The molecule has 20 heavy (non-hydrogen) atoms. The van der Waals surface area contributed by atoms with Crippen molar-refractivity contribution < 1.29 is 8.78 Å². The van der Waals surface area contributed by atoms with Gasteiger partial charge < -0.3 is 5.73 Å². The molecule has 0 bridgehead atoms. The second-order valence-corrected chi connectivity index (χ2v) is 5.82. The summed E-state index contributed by atoms with van der Waals surface area (Å²) in [6.07, 6.45) is 4.36. The molecule has 2 unspecified atom stereocenters. The lowest BCUT2D eigenvalue weighted by Crippen LogP contribution is -2.25. The molecule has 0 saturated heterocycles. The lowest BCUT2D eigenvalue weighted by atomic mass is 10.1. The highest BCUT2D eigenvalue weighted by Gasteiger charge is 2.22. The molecule has 0 aliphatic heterocycles. The van der Waals surface area contributed by atoms with Gasteiger partial charge in [0.2, 0.25) is 0 Å². The van der Waals surface area contributed by atoms with Gasteiger partial charge in [-0.3, -0.25) is 4.68 Å². The zero-order valence-corrected chi connectivity index (χ0v) is 12.2. The summed E-state index contributed by atoms with van der Waals surface area (Å²) < 4.78 is 28.4. The van der Waals surface area contributed by atoms with Gasteiger partial charge in [0, 0.05) is 35.8 Å². The van der Waals surface area contributed by atoms with E-state index >= 15 is 0 Å². The van der Waals surface area contributed by atoms with E-state index in [1.165, 1.54) is 23.9 Å². The van der Waals surface area contributed by atoms with Gasteiger partial charge in [0.15, 0.2) is 0 Å². The summed E-state index contributed by atoms with van der Waals surface area (Å²) in [5.41, 5.74) is 7.07. The normalized spacial score (nSPS) is 14.2. The number of aromatic nitrogens is 2. The fourth-order valence-electron chi connectivity index (χ4n) is 1.91. The Morgan fingerprint density at radius 3 is 2.70 bits per heavy atom. The van der Waals surface area contributed by atoms with E-state index in [0.717, 1.165) is 18.1 Å². The Morgan fingerprint density at radius 2 is 2.15 bits per heavy atom. The predicted octanol–water partition coefficient (Wildman–Crippen LogP) is 3.27. The van der Waals surface area contributed by atoms with Gasteiger partial charge in [0.25, 0.3) is 0 Å². The standard InChI is InChI=1S/C14H17F2N3S/c1-3-12(17)14(9-7-18-19(2)8-9)20-13-5-4-10(15)6-11(13)16/h4-8,12,14H,3,17H2,1-2H3. The summed E-state index contributed by atoms with van der Waals surface area (Å²) in [6, 6.07) is 3.46. The number of nitrogens with zero attached hydrogens (tertiary/aromatic N) is 2. The fourth-order valence-corrected chi connectivity index (χ4v) is 3.13. The molecule has 108 valence electrons. The van der Waals surface area contributed by atoms with Crippen LogP contribution in [0.3, 0.4) is 0 Å². The Hall–Kier alpha value is -1.40. The number of hydrogen-bond acceptors (Lipinski definition) is 3. The van der Waals surface area contributed by atoms with Crippen molar-refractivity contribution in [2.24, 2.45) is 12.8 Å². The molecule has 1 aromatic carbocycles. The molecule has 0 spiro atoms. The Balaban J connectivity index is 2.28. The summed E-state index contributed by atoms with van der Waals surface area (Å²) >= 11 is 1.30. The highest BCUT2D eigenvalue weighted by molar-refractivity contribution is 7.99. The highest BCUT2D eigenvalue weighted by atomic mass is 32.2. The summed E-state index contributed by atoms with van der Waals surface area (Å²) in [5.74, 6) is -1.14. The van der Waals surface area contributed by atoms with Crippen molar-refractivity contribution in [1.29, 1.82) is 0 Å². The molecule has 2 atom stereocenters. The van der Waals surface area contributed by atoms with E-state index in [2.05, 4.69) is 5.10 Å². The average Bonchev–Trinajstić information content (AvgIpc) is 2.83. The Morgan fingerprint density at radius 1 is 1.40 bits per heavy atom. The van der Waals surface area contributed by atoms with Crippen molar-refractivity contribution in [3.63, 3.8) is 0 Å². The Labute approximate surface area is 121 Å². The maximum Gasteiger partial charge on any atom is 0.139 e. The van der Waals surface area contributed by atoms with E-state index in [-0.39, 0.29) is 11.3 Å². The minimum Gasteiger partial charge on any atom is -0.326 e. The first-order valence-electron chi connectivity index (χ1n) is 6.37. The lowest BCUT2D eigenvalue weighted by Gasteiger charge is -2.21. The molecule has 0 aliphatic carbocycles. The van der Waals surface area contributed by atoms with Crippen LogP contribution in [0.25, 0.3) is 0 Å². The smallest absolute Gasteiger partial charge is 0.139 e. The number of hydrogen-bond donors (Lipinski definition) is 1. The molecule has 1 aromatic heterocycles. The van der Waals surface area contributed by atoms with Crippen molar-refractivity contribution in [3.05, 3.63) is 47.8 Å². The van der Waals surface area contributed by atoms with Crippen molar-refractivity contribution in [1.82, 2.24) is 9.78 Å². The van der Waals surface area contributed by atoms with Crippen molar-refractivity contribution in [2.75, 3.05) is 0 Å². The number of aryl methyl sites for hydroxylation is 1. The monoisotopic (exact) mass is 297 g/mol. The van der Waals surface area contributed by atoms with Crippen LogP contribution in [-0.2, 0) is 7.05 Å². The molecule has 0 saturated carbocycles. The number of rotatable bonds is 5. The quantitative estimate of drug-likeness (QED) is 0.861. The van der Waals surface area contributed by atoms with E-state index < -0.39 is 11.6 Å². The van der Waals surface area contributed by atoms with E-state index in [1.807, 2.05) is 20.2 Å². The van der Waals surface area contributed by atoms with Gasteiger partial charge in [0.1, 0.15) is 11.6 Å². The van der Waals surface area contributed by atoms with Crippen LogP contribution < -0.4 is 5.73 Å². The third-order valence-corrected chi connectivity index (χ3v) is 4.52. The minimum absolute atomic E-state index is 0.117. The molecule has 6 heteroatoms. The number of halogens is 2. The molecule has 1 heterocycles. The first-order valence-corrected chi connectivity index (χ1v) is 7.25. The van der Waals surface area contributed by atoms with E-state index in [4.69, 9.17) is 5.73 Å². The molecule has 2 N–H and O–H groups in total. The molecular formula is C14H17F2N3S. The van der Waals surface area contributed by atoms with Gasteiger partial charge >= 0.3 is 0 Å². The maximum absolute atomic E-state index is 13.8. The van der Waals surface area contributed by atoms with Crippen molar-refractivity contribution in [2.45, 2.75) is 29.5 Å². The first kappa shape index (κ1) is 15.0. The zero-order chi connectivity index (χ0) is 14.7. The van der Waals surface area contributed by atoms with Crippen molar-refractivity contribution in [3.8, 4) is 0 Å². The first-order chi connectivity index (χ1) is 9.51. The predicted molar refractivity (Wildman–Crippen MR) is 76.4 cm³/mol. The van der Waals surface area contributed by atoms with Gasteiger partial charge in [0.05, 0.1) is 11.4 Å². The van der Waals surface area contributed by atoms with Crippen LogP contribution in [-0.4, -0.2) is 15.8 Å². The Bertz CT molecular complexity index is 586. The van der Waals surface area contributed by atoms with Crippen LogP contribution in [0.5, 0.6) is 0 Å². The van der Waals surface area contributed by atoms with E-state index in [0.29, 0.717) is 4.90 Å². The third-order valence-electron chi connectivity index (χ3n) is 3.06. The summed E-state index contributed by atoms with van der Waals surface area (Å²) in [5, 5.41) is 4.01. The van der Waals surface area contributed by atoms with Crippen LogP contribution >= 0.6 is 11.8 Å². The maximum atomic E-state index is 13.8. The minimum atomic E-state index is -0.579. The molecule has 2 aromatic rings. The van der Waals surface area contributed by atoms with E-state index in [1.54, 1.807) is 10.9 Å². The van der Waals surface area contributed by atoms with Crippen LogP contribution in [0.2, 0.25) is 0 Å². The SMILES string of the molecule is CCC(N)C(Sc1ccc(F)cc1F)c1cnn(C)c1. The number of nitrogens with two attached hydrogens (primary N) is 1. The van der Waals surface area contributed by atoms with Gasteiger partial charge in [-0.2, -0.15) is 5.10 Å². The van der Waals surface area contributed by atoms with Gasteiger partial charge in [-0.15, -0.1) is 11.8 Å². The zero-order valence-electron chi connectivity index (χ0n) is 11.4. The largest absolute Gasteiger partial charge is 0.326 e. The van der Waals surface area contributed by atoms with Crippen molar-refractivity contribution >= 4 is 11.8 Å². The average molecular weight is 297 g/mol. The van der Waals surface area contributed by atoms with Gasteiger partial charge in [-0.05, 0) is 18.6 Å².